The number of rotatable bonds is 4. The lowest BCUT2D eigenvalue weighted by atomic mass is 9.92. The van der Waals surface area contributed by atoms with E-state index in [4.69, 9.17) is 0 Å². The van der Waals surface area contributed by atoms with Gasteiger partial charge in [-0.2, -0.15) is 11.8 Å². The normalized spacial score (nSPS) is 16.7. The van der Waals surface area contributed by atoms with Crippen LogP contribution in [0.3, 0.4) is 0 Å². The molecule has 23 heavy (non-hydrogen) atoms. The molecular formula is C16H16N2O3S2. The number of nitrogens with zero attached hydrogens (tertiary/aromatic N) is 1. The first-order valence-corrected chi connectivity index (χ1v) is 9.29. The summed E-state index contributed by atoms with van der Waals surface area (Å²) in [4.78, 5) is 28.4. The zero-order valence-electron chi connectivity index (χ0n) is 12.3. The summed E-state index contributed by atoms with van der Waals surface area (Å²) in [6, 6.07) is 9.60. The molecule has 0 aliphatic carbocycles. The van der Waals surface area contributed by atoms with Crippen molar-refractivity contribution in [1.82, 2.24) is 10.3 Å². The Hall–Kier alpha value is -1.86. The molecule has 1 aromatic carbocycles. The average Bonchev–Trinajstić information content (AvgIpc) is 3.06. The Morgan fingerprint density at radius 3 is 2.52 bits per heavy atom. The second-order valence-electron chi connectivity index (χ2n) is 5.36. The average molecular weight is 348 g/mol. The van der Waals surface area contributed by atoms with E-state index in [1.54, 1.807) is 17.1 Å². The molecule has 1 amide bonds. The van der Waals surface area contributed by atoms with Crippen LogP contribution < -0.4 is 5.32 Å². The van der Waals surface area contributed by atoms with Crippen molar-refractivity contribution in [3.63, 3.8) is 0 Å². The third-order valence-electron chi connectivity index (χ3n) is 3.87. The van der Waals surface area contributed by atoms with Crippen LogP contribution in [0.1, 0.15) is 23.3 Å². The van der Waals surface area contributed by atoms with E-state index in [2.05, 4.69) is 10.3 Å². The molecule has 0 saturated carbocycles. The second kappa shape index (κ2) is 6.72. The van der Waals surface area contributed by atoms with Crippen LogP contribution in [0.2, 0.25) is 0 Å². The first-order valence-electron chi connectivity index (χ1n) is 7.25. The predicted molar refractivity (Wildman–Crippen MR) is 91.9 cm³/mol. The monoisotopic (exact) mass is 348 g/mol. The van der Waals surface area contributed by atoms with Crippen LogP contribution in [0.4, 0.5) is 0 Å². The van der Waals surface area contributed by atoms with Gasteiger partial charge < -0.3 is 10.4 Å². The molecule has 120 valence electrons. The van der Waals surface area contributed by atoms with Gasteiger partial charge in [-0.15, -0.1) is 11.3 Å². The highest BCUT2D eigenvalue weighted by Gasteiger charge is 2.41. The number of amides is 1. The number of thiazole rings is 1. The zero-order valence-corrected chi connectivity index (χ0v) is 14.0. The number of thioether (sulfide) groups is 1. The lowest BCUT2D eigenvalue weighted by molar-refractivity contribution is -0.144. The van der Waals surface area contributed by atoms with Crippen molar-refractivity contribution in [3.8, 4) is 10.6 Å². The first-order chi connectivity index (χ1) is 11.1. The van der Waals surface area contributed by atoms with E-state index >= 15 is 0 Å². The van der Waals surface area contributed by atoms with Crippen LogP contribution in [-0.4, -0.2) is 39.0 Å². The summed E-state index contributed by atoms with van der Waals surface area (Å²) in [6.07, 6.45) is 0.878. The second-order valence-corrected chi connectivity index (χ2v) is 7.44. The minimum atomic E-state index is -1.17. The number of aromatic nitrogens is 1. The number of aliphatic carboxylic acids is 1. The largest absolute Gasteiger partial charge is 0.480 e. The van der Waals surface area contributed by atoms with Crippen molar-refractivity contribution in [2.24, 2.45) is 0 Å². The molecule has 0 bridgehead atoms. The van der Waals surface area contributed by atoms with E-state index in [9.17, 15) is 14.7 Å². The molecule has 1 aliphatic rings. The van der Waals surface area contributed by atoms with Crippen LogP contribution in [0.25, 0.3) is 10.6 Å². The number of benzene rings is 1. The summed E-state index contributed by atoms with van der Waals surface area (Å²) >= 11 is 3.09. The molecule has 1 aliphatic heterocycles. The Labute approximate surface area is 142 Å². The standard InChI is InChI=1S/C16H16N2O3S2/c19-13(18-16(15(20)21)6-8-22-9-7-16)12-10-23-14(17-12)11-4-2-1-3-5-11/h1-5,10H,6-9H2,(H,18,19)(H,20,21). The summed E-state index contributed by atoms with van der Waals surface area (Å²) in [5, 5.41) is 14.7. The van der Waals surface area contributed by atoms with E-state index in [1.807, 2.05) is 30.3 Å². The van der Waals surface area contributed by atoms with Crippen LogP contribution in [-0.2, 0) is 4.79 Å². The van der Waals surface area contributed by atoms with Crippen molar-refractivity contribution < 1.29 is 14.7 Å². The third kappa shape index (κ3) is 3.40. The fourth-order valence-electron chi connectivity index (χ4n) is 2.48. The van der Waals surface area contributed by atoms with Gasteiger partial charge in [0.1, 0.15) is 16.2 Å². The topological polar surface area (TPSA) is 79.3 Å². The van der Waals surface area contributed by atoms with E-state index in [-0.39, 0.29) is 5.69 Å². The Kier molecular flexibility index (Phi) is 4.68. The molecule has 0 atom stereocenters. The maximum absolute atomic E-state index is 12.4. The minimum absolute atomic E-state index is 0.271. The molecule has 1 aromatic heterocycles. The lowest BCUT2D eigenvalue weighted by Gasteiger charge is -2.33. The maximum Gasteiger partial charge on any atom is 0.329 e. The molecular weight excluding hydrogens is 332 g/mol. The number of hydrogen-bond donors (Lipinski definition) is 2. The van der Waals surface area contributed by atoms with Crippen LogP contribution >= 0.6 is 23.1 Å². The van der Waals surface area contributed by atoms with Gasteiger partial charge in [0.2, 0.25) is 0 Å². The van der Waals surface area contributed by atoms with Crippen LogP contribution in [0.5, 0.6) is 0 Å². The molecule has 0 radical (unpaired) electrons. The Bertz CT molecular complexity index is 709. The van der Waals surface area contributed by atoms with Crippen molar-refractivity contribution in [2.75, 3.05) is 11.5 Å². The quantitative estimate of drug-likeness (QED) is 0.888. The maximum atomic E-state index is 12.4. The Morgan fingerprint density at radius 2 is 1.87 bits per heavy atom. The highest BCUT2D eigenvalue weighted by atomic mass is 32.2. The Balaban J connectivity index is 1.78. The number of carbonyl (C=O) groups is 2. The zero-order chi connectivity index (χ0) is 16.3. The smallest absolute Gasteiger partial charge is 0.329 e. The fourth-order valence-corrected chi connectivity index (χ4v) is 4.48. The molecule has 3 rings (SSSR count). The number of carboxylic acids is 1. The highest BCUT2D eigenvalue weighted by molar-refractivity contribution is 7.99. The first kappa shape index (κ1) is 16.0. The molecule has 5 nitrogen and oxygen atoms in total. The van der Waals surface area contributed by atoms with Crippen LogP contribution in [0, 0.1) is 0 Å². The summed E-state index contributed by atoms with van der Waals surface area (Å²) in [6.45, 7) is 0. The molecule has 0 unspecified atom stereocenters. The summed E-state index contributed by atoms with van der Waals surface area (Å²) in [7, 11) is 0. The SMILES string of the molecule is O=C(NC1(C(=O)O)CCSCC1)c1csc(-c2ccccc2)n1. The molecule has 2 heterocycles. The third-order valence-corrected chi connectivity index (χ3v) is 5.74. The van der Waals surface area contributed by atoms with Gasteiger partial charge in [-0.1, -0.05) is 30.3 Å². The number of hydrogen-bond acceptors (Lipinski definition) is 5. The van der Waals surface area contributed by atoms with E-state index in [1.165, 1.54) is 11.3 Å². The minimum Gasteiger partial charge on any atom is -0.480 e. The predicted octanol–water partition coefficient (Wildman–Crippen LogP) is 2.89. The molecule has 7 heteroatoms. The van der Waals surface area contributed by atoms with Crippen molar-refractivity contribution >= 4 is 35.0 Å². The molecule has 0 spiro atoms. The summed E-state index contributed by atoms with van der Waals surface area (Å²) in [5.74, 6) is 0.0834. The van der Waals surface area contributed by atoms with Gasteiger partial charge in [-0.05, 0) is 24.3 Å². The van der Waals surface area contributed by atoms with Gasteiger partial charge >= 0.3 is 5.97 Å². The van der Waals surface area contributed by atoms with E-state index in [0.717, 1.165) is 22.1 Å². The van der Waals surface area contributed by atoms with Gasteiger partial charge in [-0.3, -0.25) is 4.79 Å². The van der Waals surface area contributed by atoms with Crippen molar-refractivity contribution in [3.05, 3.63) is 41.4 Å². The number of carboxylic acid groups (broad SMARTS) is 1. The highest BCUT2D eigenvalue weighted by Crippen LogP contribution is 2.28. The van der Waals surface area contributed by atoms with E-state index < -0.39 is 17.4 Å². The van der Waals surface area contributed by atoms with Crippen LogP contribution in [0.15, 0.2) is 35.7 Å². The van der Waals surface area contributed by atoms with Crippen molar-refractivity contribution in [2.45, 2.75) is 18.4 Å². The number of nitrogens with one attached hydrogen (secondary N) is 1. The lowest BCUT2D eigenvalue weighted by Crippen LogP contribution is -2.56. The van der Waals surface area contributed by atoms with Gasteiger partial charge in [0.25, 0.3) is 5.91 Å². The van der Waals surface area contributed by atoms with Gasteiger partial charge in [0, 0.05) is 10.9 Å². The van der Waals surface area contributed by atoms with Crippen molar-refractivity contribution in [1.29, 1.82) is 0 Å². The molecule has 1 fully saturated rings. The summed E-state index contributed by atoms with van der Waals surface area (Å²) < 4.78 is 0. The molecule has 2 N–H and O–H groups in total. The van der Waals surface area contributed by atoms with Gasteiger partial charge in [0.05, 0.1) is 0 Å². The molecule has 2 aromatic rings. The number of carbonyl (C=O) groups excluding carboxylic acids is 1. The fraction of sp³-hybridized carbons (Fsp3) is 0.312. The summed E-state index contributed by atoms with van der Waals surface area (Å²) in [5.41, 5.74) is 0.0463. The molecule has 1 saturated heterocycles. The van der Waals surface area contributed by atoms with Gasteiger partial charge in [0.15, 0.2) is 0 Å². The van der Waals surface area contributed by atoms with E-state index in [0.29, 0.717) is 12.8 Å². The van der Waals surface area contributed by atoms with Gasteiger partial charge in [-0.25, -0.2) is 9.78 Å². The Morgan fingerprint density at radius 1 is 1.17 bits per heavy atom.